The second-order valence-electron chi connectivity index (χ2n) is 6.43. The van der Waals surface area contributed by atoms with Crippen LogP contribution in [0.25, 0.3) is 10.8 Å². The molecule has 3 aromatic rings. The highest BCUT2D eigenvalue weighted by molar-refractivity contribution is 5.84. The number of benzene rings is 2. The normalized spacial score (nSPS) is 18.4. The third kappa shape index (κ3) is 3.65. The van der Waals surface area contributed by atoms with Gasteiger partial charge < -0.3 is 9.47 Å². The Bertz CT molecular complexity index is 851. The Balaban J connectivity index is 1.51. The summed E-state index contributed by atoms with van der Waals surface area (Å²) in [5, 5.41) is 2.40. The average Bonchev–Trinajstić information content (AvgIpc) is 2.68. The number of morpholine rings is 1. The van der Waals surface area contributed by atoms with Crippen molar-refractivity contribution in [2.45, 2.75) is 12.6 Å². The molecule has 1 unspecified atom stereocenters. The van der Waals surface area contributed by atoms with Crippen molar-refractivity contribution in [2.24, 2.45) is 0 Å². The van der Waals surface area contributed by atoms with Crippen LogP contribution in [0.3, 0.4) is 0 Å². The van der Waals surface area contributed by atoms with Crippen LogP contribution in [0.1, 0.15) is 17.2 Å². The van der Waals surface area contributed by atoms with Gasteiger partial charge in [-0.1, -0.05) is 24.3 Å². The van der Waals surface area contributed by atoms with Crippen LogP contribution >= 0.6 is 0 Å². The van der Waals surface area contributed by atoms with E-state index in [9.17, 15) is 0 Å². The zero-order chi connectivity index (χ0) is 17.1. The summed E-state index contributed by atoms with van der Waals surface area (Å²) in [7, 11) is 1.70. The first kappa shape index (κ1) is 16.1. The first-order valence-corrected chi connectivity index (χ1v) is 8.62. The van der Waals surface area contributed by atoms with E-state index < -0.39 is 0 Å². The van der Waals surface area contributed by atoms with Crippen molar-refractivity contribution in [1.29, 1.82) is 0 Å². The van der Waals surface area contributed by atoms with Gasteiger partial charge in [0.05, 0.1) is 19.8 Å². The molecule has 4 rings (SSSR count). The highest BCUT2D eigenvalue weighted by Gasteiger charge is 2.22. The van der Waals surface area contributed by atoms with Gasteiger partial charge in [-0.15, -0.1) is 0 Å². The molecule has 0 saturated carbocycles. The molecule has 0 amide bonds. The Hall–Kier alpha value is -2.43. The topological polar surface area (TPSA) is 34.6 Å². The van der Waals surface area contributed by atoms with E-state index in [0.717, 1.165) is 32.0 Å². The Morgan fingerprint density at radius 1 is 1.16 bits per heavy atom. The summed E-state index contributed by atoms with van der Waals surface area (Å²) < 4.78 is 11.3. The van der Waals surface area contributed by atoms with E-state index in [0.29, 0.717) is 0 Å². The number of rotatable bonds is 4. The highest BCUT2D eigenvalue weighted by Crippen LogP contribution is 2.28. The SMILES string of the molecule is COc1ccc2cc(C3CN(Cc4cccnc4)CCO3)ccc2c1. The van der Waals surface area contributed by atoms with E-state index >= 15 is 0 Å². The summed E-state index contributed by atoms with van der Waals surface area (Å²) >= 11 is 0. The van der Waals surface area contributed by atoms with Crippen LogP contribution in [-0.4, -0.2) is 36.7 Å². The van der Waals surface area contributed by atoms with Gasteiger partial charge >= 0.3 is 0 Å². The van der Waals surface area contributed by atoms with E-state index in [4.69, 9.17) is 9.47 Å². The largest absolute Gasteiger partial charge is 0.497 e. The van der Waals surface area contributed by atoms with Gasteiger partial charge in [0.25, 0.3) is 0 Å². The fourth-order valence-electron chi connectivity index (χ4n) is 3.37. The fourth-order valence-corrected chi connectivity index (χ4v) is 3.37. The van der Waals surface area contributed by atoms with Crippen molar-refractivity contribution in [2.75, 3.05) is 26.8 Å². The fraction of sp³-hybridized carbons (Fsp3) is 0.286. The summed E-state index contributed by atoms with van der Waals surface area (Å²) in [6.45, 7) is 3.52. The molecule has 1 aromatic heterocycles. The number of hydrogen-bond acceptors (Lipinski definition) is 4. The maximum Gasteiger partial charge on any atom is 0.119 e. The monoisotopic (exact) mass is 334 g/mol. The van der Waals surface area contributed by atoms with Crippen molar-refractivity contribution < 1.29 is 9.47 Å². The van der Waals surface area contributed by atoms with Gasteiger partial charge in [0, 0.05) is 32.0 Å². The van der Waals surface area contributed by atoms with Gasteiger partial charge in [-0.05, 0) is 46.2 Å². The van der Waals surface area contributed by atoms with Crippen molar-refractivity contribution in [3.63, 3.8) is 0 Å². The highest BCUT2D eigenvalue weighted by atomic mass is 16.5. The van der Waals surface area contributed by atoms with Crippen molar-refractivity contribution in [3.05, 3.63) is 72.1 Å². The molecule has 4 nitrogen and oxygen atoms in total. The van der Waals surface area contributed by atoms with Crippen molar-refractivity contribution in [3.8, 4) is 5.75 Å². The molecule has 1 fully saturated rings. The van der Waals surface area contributed by atoms with E-state index in [1.807, 2.05) is 24.5 Å². The van der Waals surface area contributed by atoms with Gasteiger partial charge in [0.1, 0.15) is 5.75 Å². The maximum absolute atomic E-state index is 6.04. The van der Waals surface area contributed by atoms with Crippen LogP contribution in [0.15, 0.2) is 60.9 Å². The molecular formula is C21H22N2O2. The molecule has 1 aliphatic rings. The van der Waals surface area contributed by atoms with Gasteiger partial charge in [0.2, 0.25) is 0 Å². The molecule has 1 atom stereocenters. The molecule has 0 spiro atoms. The van der Waals surface area contributed by atoms with Gasteiger partial charge in [-0.3, -0.25) is 9.88 Å². The van der Waals surface area contributed by atoms with Crippen molar-refractivity contribution >= 4 is 10.8 Å². The average molecular weight is 334 g/mol. The molecule has 128 valence electrons. The Morgan fingerprint density at radius 2 is 2.04 bits per heavy atom. The maximum atomic E-state index is 6.04. The lowest BCUT2D eigenvalue weighted by molar-refractivity contribution is -0.0328. The van der Waals surface area contributed by atoms with Crippen molar-refractivity contribution in [1.82, 2.24) is 9.88 Å². The summed E-state index contributed by atoms with van der Waals surface area (Å²) in [5.41, 5.74) is 2.47. The van der Waals surface area contributed by atoms with Gasteiger partial charge in [0.15, 0.2) is 0 Å². The molecular weight excluding hydrogens is 312 g/mol. The summed E-state index contributed by atoms with van der Waals surface area (Å²) in [5.74, 6) is 0.886. The lowest BCUT2D eigenvalue weighted by Gasteiger charge is -2.33. The molecule has 2 heterocycles. The van der Waals surface area contributed by atoms with Crippen LogP contribution < -0.4 is 4.74 Å². The summed E-state index contributed by atoms with van der Waals surface area (Å²) in [6, 6.07) is 16.8. The number of methoxy groups -OCH3 is 1. The van der Waals surface area contributed by atoms with E-state index in [2.05, 4.69) is 46.3 Å². The first-order chi connectivity index (χ1) is 12.3. The lowest BCUT2D eigenvalue weighted by Crippen LogP contribution is -2.37. The number of aromatic nitrogens is 1. The molecule has 1 saturated heterocycles. The summed E-state index contributed by atoms with van der Waals surface area (Å²) in [4.78, 5) is 6.64. The molecule has 1 aliphatic heterocycles. The first-order valence-electron chi connectivity index (χ1n) is 8.62. The number of nitrogens with zero attached hydrogens (tertiary/aromatic N) is 2. The minimum Gasteiger partial charge on any atom is -0.497 e. The molecule has 4 heteroatoms. The molecule has 2 aromatic carbocycles. The second-order valence-corrected chi connectivity index (χ2v) is 6.43. The number of hydrogen-bond donors (Lipinski definition) is 0. The predicted octanol–water partition coefficient (Wildman–Crippen LogP) is 3.82. The smallest absolute Gasteiger partial charge is 0.119 e. The quantitative estimate of drug-likeness (QED) is 0.726. The van der Waals surface area contributed by atoms with E-state index in [1.54, 1.807) is 7.11 Å². The van der Waals surface area contributed by atoms with Crippen LogP contribution in [0.4, 0.5) is 0 Å². The molecule has 0 bridgehead atoms. The lowest BCUT2D eigenvalue weighted by atomic mass is 10.0. The van der Waals surface area contributed by atoms with E-state index in [1.165, 1.54) is 21.9 Å². The second kappa shape index (κ2) is 7.21. The van der Waals surface area contributed by atoms with Gasteiger partial charge in [-0.25, -0.2) is 0 Å². The standard InChI is InChI=1S/C21H22N2O2/c1-24-20-7-6-17-11-19(5-4-18(17)12-20)21-15-23(9-10-25-21)14-16-3-2-8-22-13-16/h2-8,11-13,21H,9-10,14-15H2,1H3. The molecule has 0 N–H and O–H groups in total. The minimum atomic E-state index is 0.108. The Labute approximate surface area is 148 Å². The third-order valence-electron chi connectivity index (χ3n) is 4.72. The minimum absolute atomic E-state index is 0.108. The van der Waals surface area contributed by atoms with Crippen LogP contribution in [0, 0.1) is 0 Å². The third-order valence-corrected chi connectivity index (χ3v) is 4.72. The zero-order valence-corrected chi connectivity index (χ0v) is 14.4. The number of ether oxygens (including phenoxy) is 2. The zero-order valence-electron chi connectivity index (χ0n) is 14.4. The molecule has 0 aliphatic carbocycles. The molecule has 0 radical (unpaired) electrons. The van der Waals surface area contributed by atoms with Gasteiger partial charge in [-0.2, -0.15) is 0 Å². The van der Waals surface area contributed by atoms with Crippen LogP contribution in [0.2, 0.25) is 0 Å². The van der Waals surface area contributed by atoms with Crippen LogP contribution in [-0.2, 0) is 11.3 Å². The number of fused-ring (bicyclic) bond motifs is 1. The van der Waals surface area contributed by atoms with E-state index in [-0.39, 0.29) is 6.10 Å². The summed E-state index contributed by atoms with van der Waals surface area (Å²) in [6.07, 6.45) is 3.86. The Morgan fingerprint density at radius 3 is 2.88 bits per heavy atom. The predicted molar refractivity (Wildman–Crippen MR) is 98.7 cm³/mol. The molecule has 25 heavy (non-hydrogen) atoms. The van der Waals surface area contributed by atoms with Crippen LogP contribution in [0.5, 0.6) is 5.75 Å². The Kier molecular flexibility index (Phi) is 4.63. The number of pyridine rings is 1.